The van der Waals surface area contributed by atoms with Crippen LogP contribution in [0.2, 0.25) is 0 Å². The molecule has 1 aromatic heterocycles. The minimum absolute atomic E-state index is 0.107. The minimum Gasteiger partial charge on any atom is -0.493 e. The molecule has 0 spiro atoms. The summed E-state index contributed by atoms with van der Waals surface area (Å²) >= 11 is 6.58. The lowest BCUT2D eigenvalue weighted by Crippen LogP contribution is -2.05. The van der Waals surface area contributed by atoms with Gasteiger partial charge < -0.3 is 9.47 Å². The van der Waals surface area contributed by atoms with Gasteiger partial charge in [0.05, 0.1) is 19.6 Å². The normalized spacial score (nSPS) is 13.6. The molecule has 2 aromatic rings. The first-order valence-electron chi connectivity index (χ1n) is 6.44. The monoisotopic (exact) mass is 291 g/mol. The predicted molar refractivity (Wildman–Crippen MR) is 80.8 cm³/mol. The Kier molecular flexibility index (Phi) is 4.85. The number of rotatable bonds is 5. The summed E-state index contributed by atoms with van der Waals surface area (Å²) in [5.41, 5.74) is 1.96. The van der Waals surface area contributed by atoms with Gasteiger partial charge in [-0.15, -0.1) is 11.6 Å². The number of pyridine rings is 1. The molecule has 0 fully saturated rings. The van der Waals surface area contributed by atoms with Crippen molar-refractivity contribution in [3.63, 3.8) is 0 Å². The maximum Gasteiger partial charge on any atom is 0.161 e. The zero-order valence-electron chi connectivity index (χ0n) is 11.8. The van der Waals surface area contributed by atoms with Crippen molar-refractivity contribution >= 4 is 11.6 Å². The maximum atomic E-state index is 6.58. The molecule has 0 N–H and O–H groups in total. The molecule has 0 radical (unpaired) electrons. The van der Waals surface area contributed by atoms with Gasteiger partial charge in [0.2, 0.25) is 0 Å². The molecule has 0 aliphatic rings. The number of alkyl halides is 1. The van der Waals surface area contributed by atoms with Gasteiger partial charge in [-0.05, 0) is 29.8 Å². The minimum atomic E-state index is -0.176. The van der Waals surface area contributed by atoms with Crippen LogP contribution in [0.15, 0.2) is 42.6 Å². The molecule has 1 heterocycles. The van der Waals surface area contributed by atoms with Crippen LogP contribution in [0.1, 0.15) is 29.5 Å². The van der Waals surface area contributed by atoms with Crippen molar-refractivity contribution in [3.05, 3.63) is 53.9 Å². The highest BCUT2D eigenvalue weighted by Gasteiger charge is 2.20. The molecule has 0 aliphatic carbocycles. The van der Waals surface area contributed by atoms with Gasteiger partial charge in [0.25, 0.3) is 0 Å². The summed E-state index contributed by atoms with van der Waals surface area (Å²) in [4.78, 5) is 4.36. The fraction of sp³-hybridized carbons (Fsp3) is 0.312. The molecule has 2 unspecified atom stereocenters. The third-order valence-electron chi connectivity index (χ3n) is 3.32. The number of nitrogens with zero attached hydrogens (tertiary/aromatic N) is 1. The molecule has 0 saturated heterocycles. The SMILES string of the molecule is COc1ccc(C(Cl)C(C)c2ccccn2)cc1OC. The fourth-order valence-electron chi connectivity index (χ4n) is 2.11. The van der Waals surface area contributed by atoms with E-state index in [2.05, 4.69) is 11.9 Å². The van der Waals surface area contributed by atoms with Crippen LogP contribution in [0.25, 0.3) is 0 Å². The summed E-state index contributed by atoms with van der Waals surface area (Å²) in [6.07, 6.45) is 1.78. The summed E-state index contributed by atoms with van der Waals surface area (Å²) in [6.45, 7) is 2.07. The van der Waals surface area contributed by atoms with E-state index in [0.717, 1.165) is 11.3 Å². The summed E-state index contributed by atoms with van der Waals surface area (Å²) in [7, 11) is 3.24. The number of aromatic nitrogens is 1. The molecule has 0 aliphatic heterocycles. The van der Waals surface area contributed by atoms with Gasteiger partial charge in [0.15, 0.2) is 11.5 Å². The first-order valence-corrected chi connectivity index (χ1v) is 6.88. The Labute approximate surface area is 124 Å². The lowest BCUT2D eigenvalue weighted by atomic mass is 9.96. The Hall–Kier alpha value is -1.74. The molecule has 0 amide bonds. The Bertz CT molecular complexity index is 560. The van der Waals surface area contributed by atoms with Gasteiger partial charge in [-0.3, -0.25) is 4.98 Å². The molecular formula is C16H18ClNO2. The number of benzene rings is 1. The second-order valence-corrected chi connectivity index (χ2v) is 5.03. The van der Waals surface area contributed by atoms with E-state index in [1.54, 1.807) is 20.4 Å². The van der Waals surface area contributed by atoms with Crippen molar-refractivity contribution in [3.8, 4) is 11.5 Å². The average Bonchev–Trinajstić information content (AvgIpc) is 2.53. The number of hydrogen-bond acceptors (Lipinski definition) is 3. The van der Waals surface area contributed by atoms with Crippen LogP contribution in [0.4, 0.5) is 0 Å². The van der Waals surface area contributed by atoms with Crippen molar-refractivity contribution < 1.29 is 9.47 Å². The summed E-state index contributed by atoms with van der Waals surface area (Å²) in [6, 6.07) is 11.6. The second kappa shape index (κ2) is 6.62. The summed E-state index contributed by atoms with van der Waals surface area (Å²) in [5, 5.41) is -0.176. The van der Waals surface area contributed by atoms with E-state index in [0.29, 0.717) is 11.5 Å². The van der Waals surface area contributed by atoms with E-state index in [9.17, 15) is 0 Å². The van der Waals surface area contributed by atoms with Crippen LogP contribution in [-0.4, -0.2) is 19.2 Å². The molecule has 20 heavy (non-hydrogen) atoms. The van der Waals surface area contributed by atoms with Crippen LogP contribution in [0.3, 0.4) is 0 Å². The van der Waals surface area contributed by atoms with E-state index >= 15 is 0 Å². The number of ether oxygens (including phenoxy) is 2. The molecule has 1 aromatic carbocycles. The van der Waals surface area contributed by atoms with Crippen LogP contribution in [0, 0.1) is 0 Å². The molecule has 2 rings (SSSR count). The first-order chi connectivity index (χ1) is 9.67. The molecule has 0 saturated carbocycles. The van der Waals surface area contributed by atoms with E-state index in [4.69, 9.17) is 21.1 Å². The second-order valence-electron chi connectivity index (χ2n) is 4.56. The summed E-state index contributed by atoms with van der Waals surface area (Å²) < 4.78 is 10.5. The molecule has 0 bridgehead atoms. The molecular weight excluding hydrogens is 274 g/mol. The van der Waals surface area contributed by atoms with Gasteiger partial charge >= 0.3 is 0 Å². The van der Waals surface area contributed by atoms with Crippen molar-refractivity contribution in [2.75, 3.05) is 14.2 Å². The molecule has 4 heteroatoms. The molecule has 106 valence electrons. The predicted octanol–water partition coefficient (Wildman–Crippen LogP) is 4.18. The zero-order chi connectivity index (χ0) is 14.5. The Morgan fingerprint density at radius 2 is 1.80 bits per heavy atom. The highest BCUT2D eigenvalue weighted by Crippen LogP contribution is 2.38. The third kappa shape index (κ3) is 3.05. The van der Waals surface area contributed by atoms with Gasteiger partial charge in [0.1, 0.15) is 0 Å². The van der Waals surface area contributed by atoms with Crippen molar-refractivity contribution in [2.45, 2.75) is 18.2 Å². The number of methoxy groups -OCH3 is 2. The van der Waals surface area contributed by atoms with Gasteiger partial charge in [-0.1, -0.05) is 19.1 Å². The van der Waals surface area contributed by atoms with Crippen LogP contribution < -0.4 is 9.47 Å². The van der Waals surface area contributed by atoms with E-state index < -0.39 is 0 Å². The van der Waals surface area contributed by atoms with Crippen LogP contribution >= 0.6 is 11.6 Å². The van der Waals surface area contributed by atoms with Crippen molar-refractivity contribution in [1.82, 2.24) is 4.98 Å². The van der Waals surface area contributed by atoms with Gasteiger partial charge in [-0.2, -0.15) is 0 Å². The maximum absolute atomic E-state index is 6.58. The highest BCUT2D eigenvalue weighted by atomic mass is 35.5. The third-order valence-corrected chi connectivity index (χ3v) is 3.95. The van der Waals surface area contributed by atoms with Crippen LogP contribution in [0.5, 0.6) is 11.5 Å². The zero-order valence-corrected chi connectivity index (χ0v) is 12.6. The standard InChI is InChI=1S/C16H18ClNO2/c1-11(13-6-4-5-9-18-13)16(17)12-7-8-14(19-2)15(10-12)20-3/h4-11,16H,1-3H3. The Morgan fingerprint density at radius 3 is 2.40 bits per heavy atom. The van der Waals surface area contributed by atoms with Crippen molar-refractivity contribution in [1.29, 1.82) is 0 Å². The van der Waals surface area contributed by atoms with Crippen molar-refractivity contribution in [2.24, 2.45) is 0 Å². The topological polar surface area (TPSA) is 31.4 Å². The van der Waals surface area contributed by atoms with E-state index in [1.807, 2.05) is 36.4 Å². The Balaban J connectivity index is 2.27. The smallest absolute Gasteiger partial charge is 0.161 e. The molecule has 2 atom stereocenters. The first kappa shape index (κ1) is 14.7. The lowest BCUT2D eigenvalue weighted by Gasteiger charge is -2.19. The van der Waals surface area contributed by atoms with Gasteiger partial charge in [-0.25, -0.2) is 0 Å². The van der Waals surface area contributed by atoms with Crippen LogP contribution in [-0.2, 0) is 0 Å². The Morgan fingerprint density at radius 1 is 1.05 bits per heavy atom. The lowest BCUT2D eigenvalue weighted by molar-refractivity contribution is 0.354. The van der Waals surface area contributed by atoms with Gasteiger partial charge in [0, 0.05) is 17.8 Å². The number of hydrogen-bond donors (Lipinski definition) is 0. The average molecular weight is 292 g/mol. The highest BCUT2D eigenvalue weighted by molar-refractivity contribution is 6.21. The van der Waals surface area contributed by atoms with E-state index in [1.165, 1.54) is 0 Å². The van der Waals surface area contributed by atoms with E-state index in [-0.39, 0.29) is 11.3 Å². The largest absolute Gasteiger partial charge is 0.493 e. The number of halogens is 1. The molecule has 3 nitrogen and oxygen atoms in total. The fourth-order valence-corrected chi connectivity index (χ4v) is 2.37. The quantitative estimate of drug-likeness (QED) is 0.774. The summed E-state index contributed by atoms with van der Waals surface area (Å²) in [5.74, 6) is 1.49.